The summed E-state index contributed by atoms with van der Waals surface area (Å²) in [4.78, 5) is 2.35. The molecule has 0 aliphatic rings. The number of rotatable bonds is 6. The topological polar surface area (TPSA) is 16.4 Å². The molecule has 8 aromatic carbocycles. The third-order valence-corrected chi connectivity index (χ3v) is 9.21. The third-order valence-electron chi connectivity index (χ3n) is 9.21. The van der Waals surface area contributed by atoms with Crippen LogP contribution in [0.4, 0.5) is 17.1 Å². The minimum absolute atomic E-state index is 0.883. The summed E-state index contributed by atoms with van der Waals surface area (Å²) in [5, 5.41) is 5.95. The van der Waals surface area contributed by atoms with Gasteiger partial charge < -0.3 is 9.32 Å². The minimum atomic E-state index is 0.883. The van der Waals surface area contributed by atoms with Crippen LogP contribution in [0.5, 0.6) is 0 Å². The molecule has 0 fully saturated rings. The normalized spacial score (nSPS) is 11.3. The first kappa shape index (κ1) is 27.9. The van der Waals surface area contributed by atoms with Gasteiger partial charge in [0.05, 0.1) is 0 Å². The molecule has 1 heterocycles. The predicted molar refractivity (Wildman–Crippen MR) is 202 cm³/mol. The van der Waals surface area contributed by atoms with Crippen LogP contribution in [0.2, 0.25) is 0 Å². The standard InChI is InChI=1S/C46H31NO/c1-2-9-32(10-3-1)34-19-23-42(24-20-34)47(43-25-21-33-11-4-5-12-36(33)29-43)44-26-22-38-27-37(17-18-39(38)30-44)35-14-8-15-40(28-35)46-31-41-13-6-7-16-45(41)48-46/h1-31H. The van der Waals surface area contributed by atoms with Gasteiger partial charge in [-0.05, 0) is 104 Å². The van der Waals surface area contributed by atoms with E-state index in [1.807, 2.05) is 18.2 Å². The summed E-state index contributed by atoms with van der Waals surface area (Å²) in [5.41, 5.74) is 10.1. The molecule has 2 heteroatoms. The maximum Gasteiger partial charge on any atom is 0.135 e. The van der Waals surface area contributed by atoms with Crippen LogP contribution in [0.15, 0.2) is 192 Å². The number of fused-ring (bicyclic) bond motifs is 3. The maximum absolute atomic E-state index is 6.17. The zero-order valence-corrected chi connectivity index (χ0v) is 26.3. The number of furan rings is 1. The largest absolute Gasteiger partial charge is 0.456 e. The van der Waals surface area contributed by atoms with E-state index in [4.69, 9.17) is 4.42 Å². The van der Waals surface area contributed by atoms with Crippen LogP contribution >= 0.6 is 0 Å². The Balaban J connectivity index is 1.09. The van der Waals surface area contributed by atoms with Crippen molar-refractivity contribution >= 4 is 49.6 Å². The lowest BCUT2D eigenvalue weighted by Crippen LogP contribution is -2.09. The summed E-state index contributed by atoms with van der Waals surface area (Å²) in [5.74, 6) is 0.883. The fourth-order valence-corrected chi connectivity index (χ4v) is 6.72. The number of para-hydroxylation sites is 1. The molecule has 9 aromatic rings. The van der Waals surface area contributed by atoms with Crippen molar-refractivity contribution < 1.29 is 4.42 Å². The molecule has 0 radical (unpaired) electrons. The summed E-state index contributed by atoms with van der Waals surface area (Å²) >= 11 is 0. The van der Waals surface area contributed by atoms with Crippen LogP contribution < -0.4 is 4.90 Å². The lowest BCUT2D eigenvalue weighted by Gasteiger charge is -2.26. The van der Waals surface area contributed by atoms with Gasteiger partial charge >= 0.3 is 0 Å². The van der Waals surface area contributed by atoms with E-state index in [0.29, 0.717) is 0 Å². The highest BCUT2D eigenvalue weighted by molar-refractivity contribution is 5.94. The van der Waals surface area contributed by atoms with Gasteiger partial charge in [0.25, 0.3) is 0 Å². The molecule has 0 amide bonds. The van der Waals surface area contributed by atoms with Crippen LogP contribution in [0.3, 0.4) is 0 Å². The van der Waals surface area contributed by atoms with E-state index < -0.39 is 0 Å². The summed E-state index contributed by atoms with van der Waals surface area (Å²) in [6.07, 6.45) is 0. The van der Waals surface area contributed by atoms with Crippen molar-refractivity contribution in [3.63, 3.8) is 0 Å². The van der Waals surface area contributed by atoms with Gasteiger partial charge in [-0.3, -0.25) is 0 Å². The summed E-state index contributed by atoms with van der Waals surface area (Å²) in [7, 11) is 0. The quantitative estimate of drug-likeness (QED) is 0.185. The van der Waals surface area contributed by atoms with E-state index in [1.165, 1.54) is 38.2 Å². The molecule has 9 rings (SSSR count). The van der Waals surface area contributed by atoms with Crippen LogP contribution in [-0.4, -0.2) is 0 Å². The van der Waals surface area contributed by atoms with Crippen molar-refractivity contribution in [1.82, 2.24) is 0 Å². The number of nitrogens with zero attached hydrogens (tertiary/aromatic N) is 1. The molecule has 1 aromatic heterocycles. The van der Waals surface area contributed by atoms with Gasteiger partial charge in [0.15, 0.2) is 0 Å². The van der Waals surface area contributed by atoms with Crippen molar-refractivity contribution in [1.29, 1.82) is 0 Å². The average molecular weight is 614 g/mol. The molecule has 0 aliphatic heterocycles. The van der Waals surface area contributed by atoms with Crippen molar-refractivity contribution in [3.05, 3.63) is 188 Å². The van der Waals surface area contributed by atoms with Gasteiger partial charge in [-0.2, -0.15) is 0 Å². The number of benzene rings is 8. The van der Waals surface area contributed by atoms with E-state index in [9.17, 15) is 0 Å². The monoisotopic (exact) mass is 613 g/mol. The maximum atomic E-state index is 6.17. The molecule has 0 aliphatic carbocycles. The van der Waals surface area contributed by atoms with Crippen molar-refractivity contribution in [2.45, 2.75) is 0 Å². The molecule has 0 spiro atoms. The molecule has 226 valence electrons. The Morgan fingerprint density at radius 1 is 0.292 bits per heavy atom. The fraction of sp³-hybridized carbons (Fsp3) is 0. The Morgan fingerprint density at radius 3 is 1.60 bits per heavy atom. The second-order valence-electron chi connectivity index (χ2n) is 12.3. The number of hydrogen-bond acceptors (Lipinski definition) is 2. The van der Waals surface area contributed by atoms with Crippen molar-refractivity contribution in [3.8, 4) is 33.6 Å². The molecule has 0 saturated carbocycles. The van der Waals surface area contributed by atoms with Gasteiger partial charge in [-0.15, -0.1) is 0 Å². The first-order chi connectivity index (χ1) is 23.7. The van der Waals surface area contributed by atoms with Gasteiger partial charge in [0.2, 0.25) is 0 Å². The van der Waals surface area contributed by atoms with Gasteiger partial charge in [-0.25, -0.2) is 0 Å². The fourth-order valence-electron chi connectivity index (χ4n) is 6.72. The Morgan fingerprint density at radius 2 is 0.812 bits per heavy atom. The first-order valence-electron chi connectivity index (χ1n) is 16.3. The Labute approximate surface area is 279 Å². The SMILES string of the molecule is c1ccc(-c2ccc(N(c3ccc4ccccc4c3)c3ccc4cc(-c5cccc(-c6cc7ccccc7o6)c5)ccc4c3)cc2)cc1. The highest BCUT2D eigenvalue weighted by Gasteiger charge is 2.15. The van der Waals surface area contributed by atoms with E-state index in [0.717, 1.165) is 44.9 Å². The lowest BCUT2D eigenvalue weighted by molar-refractivity contribution is 0.631. The zero-order chi connectivity index (χ0) is 31.9. The minimum Gasteiger partial charge on any atom is -0.456 e. The highest BCUT2D eigenvalue weighted by atomic mass is 16.3. The van der Waals surface area contributed by atoms with Gasteiger partial charge in [-0.1, -0.05) is 127 Å². The number of anilines is 3. The second-order valence-corrected chi connectivity index (χ2v) is 12.3. The summed E-state index contributed by atoms with van der Waals surface area (Å²) in [6.45, 7) is 0. The van der Waals surface area contributed by atoms with Gasteiger partial charge in [0, 0.05) is 28.0 Å². The molecular formula is C46H31NO. The predicted octanol–water partition coefficient (Wildman–Crippen LogP) is 13.2. The molecule has 2 nitrogen and oxygen atoms in total. The van der Waals surface area contributed by atoms with Gasteiger partial charge in [0.1, 0.15) is 11.3 Å². The number of hydrogen-bond donors (Lipinski definition) is 0. The van der Waals surface area contributed by atoms with E-state index >= 15 is 0 Å². The van der Waals surface area contributed by atoms with Crippen LogP contribution in [0, 0.1) is 0 Å². The first-order valence-corrected chi connectivity index (χ1v) is 16.3. The summed E-state index contributed by atoms with van der Waals surface area (Å²) < 4.78 is 6.17. The molecular weight excluding hydrogens is 583 g/mol. The zero-order valence-electron chi connectivity index (χ0n) is 26.3. The second kappa shape index (κ2) is 11.8. The van der Waals surface area contributed by atoms with E-state index in [2.05, 4.69) is 175 Å². The van der Waals surface area contributed by atoms with Crippen molar-refractivity contribution in [2.75, 3.05) is 4.90 Å². The highest BCUT2D eigenvalue weighted by Crippen LogP contribution is 2.39. The molecule has 0 N–H and O–H groups in total. The van der Waals surface area contributed by atoms with Crippen LogP contribution in [-0.2, 0) is 0 Å². The Kier molecular flexibility index (Phi) is 6.84. The molecule has 0 atom stereocenters. The van der Waals surface area contributed by atoms with E-state index in [-0.39, 0.29) is 0 Å². The molecule has 0 bridgehead atoms. The smallest absolute Gasteiger partial charge is 0.135 e. The summed E-state index contributed by atoms with van der Waals surface area (Å²) in [6, 6.07) is 67.0. The molecule has 0 saturated heterocycles. The Hall–Kier alpha value is -6.38. The third kappa shape index (κ3) is 5.20. The van der Waals surface area contributed by atoms with E-state index in [1.54, 1.807) is 0 Å². The average Bonchev–Trinajstić information content (AvgIpc) is 3.60. The van der Waals surface area contributed by atoms with Crippen LogP contribution in [0.1, 0.15) is 0 Å². The lowest BCUT2D eigenvalue weighted by atomic mass is 9.98. The van der Waals surface area contributed by atoms with Crippen molar-refractivity contribution in [2.24, 2.45) is 0 Å². The molecule has 48 heavy (non-hydrogen) atoms. The van der Waals surface area contributed by atoms with Crippen LogP contribution in [0.25, 0.3) is 66.1 Å². The Bertz CT molecular complexity index is 2530. The molecule has 0 unspecified atom stereocenters.